The molecule has 1 aromatic carbocycles. The maximum absolute atomic E-state index is 10.8. The molecule has 168 valence electrons. The number of fused-ring (bicyclic) bond motifs is 1. The highest BCUT2D eigenvalue weighted by atomic mass is 16.4. The SMILES string of the molecule is CCCCCC(O)/C=C/C1c2cc(CCCCC(=O)O)n(-c3ccccc3)c2CC1O. The summed E-state index contributed by atoms with van der Waals surface area (Å²) in [5.74, 6) is -0.884. The minimum absolute atomic E-state index is 0.126. The summed E-state index contributed by atoms with van der Waals surface area (Å²) in [6.07, 6.45) is 9.84. The lowest BCUT2D eigenvalue weighted by atomic mass is 9.98. The van der Waals surface area contributed by atoms with Crippen LogP contribution in [-0.4, -0.2) is 38.1 Å². The number of carbonyl (C=O) groups is 1. The number of aliphatic hydroxyl groups excluding tert-OH is 2. The molecule has 0 spiro atoms. The fourth-order valence-electron chi connectivity index (χ4n) is 4.50. The summed E-state index contributed by atoms with van der Waals surface area (Å²) < 4.78 is 2.23. The van der Waals surface area contributed by atoms with Crippen molar-refractivity contribution >= 4 is 5.97 Å². The van der Waals surface area contributed by atoms with Gasteiger partial charge in [-0.25, -0.2) is 0 Å². The van der Waals surface area contributed by atoms with Gasteiger partial charge in [-0.15, -0.1) is 0 Å². The summed E-state index contributed by atoms with van der Waals surface area (Å²) in [5, 5.41) is 29.9. The van der Waals surface area contributed by atoms with E-state index in [1.807, 2.05) is 30.4 Å². The number of benzene rings is 1. The number of aliphatic carboxylic acids is 1. The zero-order chi connectivity index (χ0) is 22.2. The predicted octanol–water partition coefficient (Wildman–Crippen LogP) is 4.77. The molecule has 0 saturated carbocycles. The topological polar surface area (TPSA) is 82.7 Å². The normalized spacial score (nSPS) is 19.1. The molecule has 0 radical (unpaired) electrons. The molecular formula is C26H35NO4. The van der Waals surface area contributed by atoms with E-state index in [2.05, 4.69) is 29.7 Å². The Bertz CT molecular complexity index is 871. The third-order valence-electron chi connectivity index (χ3n) is 6.12. The Kier molecular flexibility index (Phi) is 8.50. The number of hydrogen-bond acceptors (Lipinski definition) is 3. The van der Waals surface area contributed by atoms with Crippen LogP contribution in [0.15, 0.2) is 48.6 Å². The second kappa shape index (κ2) is 11.3. The largest absolute Gasteiger partial charge is 0.481 e. The number of aromatic nitrogens is 1. The Hall–Kier alpha value is -2.37. The number of carboxylic acid groups (broad SMARTS) is 1. The van der Waals surface area contributed by atoms with Crippen LogP contribution in [0.5, 0.6) is 0 Å². The number of hydrogen-bond donors (Lipinski definition) is 3. The van der Waals surface area contributed by atoms with Crippen LogP contribution in [0.4, 0.5) is 0 Å². The molecule has 31 heavy (non-hydrogen) atoms. The van der Waals surface area contributed by atoms with Crippen molar-refractivity contribution in [1.82, 2.24) is 4.57 Å². The minimum atomic E-state index is -0.758. The Labute approximate surface area is 185 Å². The fraction of sp³-hybridized carbons (Fsp3) is 0.500. The third kappa shape index (κ3) is 6.08. The van der Waals surface area contributed by atoms with Crippen LogP contribution >= 0.6 is 0 Å². The van der Waals surface area contributed by atoms with Gasteiger partial charge >= 0.3 is 5.97 Å². The van der Waals surface area contributed by atoms with Gasteiger partial charge in [0.05, 0.1) is 12.2 Å². The van der Waals surface area contributed by atoms with Crippen molar-refractivity contribution in [2.45, 2.75) is 82.8 Å². The Balaban J connectivity index is 1.82. The van der Waals surface area contributed by atoms with Gasteiger partial charge in [0.15, 0.2) is 0 Å². The van der Waals surface area contributed by atoms with Crippen LogP contribution in [0.1, 0.15) is 74.7 Å². The molecule has 5 heteroatoms. The van der Waals surface area contributed by atoms with Crippen molar-refractivity contribution in [3.8, 4) is 5.69 Å². The molecule has 1 aromatic heterocycles. The summed E-state index contributed by atoms with van der Waals surface area (Å²) in [6.45, 7) is 2.15. The molecule has 0 saturated heterocycles. The zero-order valence-electron chi connectivity index (χ0n) is 18.4. The maximum Gasteiger partial charge on any atom is 0.303 e. The minimum Gasteiger partial charge on any atom is -0.481 e. The first-order valence-corrected chi connectivity index (χ1v) is 11.6. The molecule has 0 bridgehead atoms. The maximum atomic E-state index is 10.8. The Morgan fingerprint density at radius 2 is 1.97 bits per heavy atom. The number of nitrogens with zero attached hydrogens (tertiary/aromatic N) is 1. The lowest BCUT2D eigenvalue weighted by Crippen LogP contribution is -2.14. The number of unbranched alkanes of at least 4 members (excludes halogenated alkanes) is 3. The van der Waals surface area contributed by atoms with Crippen molar-refractivity contribution in [1.29, 1.82) is 0 Å². The standard InChI is InChI=1S/C26H35NO4/c1-2-3-5-13-21(28)15-16-22-23-17-20(12-8-9-14-26(30)31)27(24(23)18-25(22)29)19-10-6-4-7-11-19/h4,6-7,10-11,15-17,21-22,25,28-29H,2-3,5,8-9,12-14,18H2,1H3,(H,30,31)/b16-15+. The van der Waals surface area contributed by atoms with Gasteiger partial charge in [-0.3, -0.25) is 4.79 Å². The Morgan fingerprint density at radius 3 is 2.68 bits per heavy atom. The molecular weight excluding hydrogens is 390 g/mol. The first-order chi connectivity index (χ1) is 15.0. The van der Waals surface area contributed by atoms with E-state index in [9.17, 15) is 15.0 Å². The highest BCUT2D eigenvalue weighted by molar-refractivity contribution is 5.66. The van der Waals surface area contributed by atoms with E-state index in [1.54, 1.807) is 0 Å². The van der Waals surface area contributed by atoms with Crippen molar-refractivity contribution in [2.24, 2.45) is 0 Å². The van der Waals surface area contributed by atoms with E-state index in [1.165, 1.54) is 0 Å². The van der Waals surface area contributed by atoms with Gasteiger partial charge in [0.2, 0.25) is 0 Å². The van der Waals surface area contributed by atoms with E-state index >= 15 is 0 Å². The van der Waals surface area contributed by atoms with Gasteiger partial charge < -0.3 is 19.9 Å². The molecule has 0 aliphatic heterocycles. The van der Waals surface area contributed by atoms with E-state index < -0.39 is 18.2 Å². The summed E-state index contributed by atoms with van der Waals surface area (Å²) in [4.78, 5) is 10.8. The van der Waals surface area contributed by atoms with Crippen LogP contribution in [0.3, 0.4) is 0 Å². The van der Waals surface area contributed by atoms with Gasteiger partial charge in [0.1, 0.15) is 0 Å². The number of aliphatic hydroxyl groups is 2. The summed E-state index contributed by atoms with van der Waals surface area (Å²) in [5.41, 5.74) is 4.44. The van der Waals surface area contributed by atoms with Gasteiger partial charge in [0.25, 0.3) is 0 Å². The average Bonchev–Trinajstić information content (AvgIpc) is 3.24. The molecule has 1 heterocycles. The van der Waals surface area contributed by atoms with Crippen LogP contribution in [0.25, 0.3) is 5.69 Å². The van der Waals surface area contributed by atoms with Gasteiger partial charge in [-0.05, 0) is 49.4 Å². The first kappa shape index (κ1) is 23.3. The molecule has 3 N–H and O–H groups in total. The van der Waals surface area contributed by atoms with E-state index in [4.69, 9.17) is 5.11 Å². The molecule has 1 aliphatic carbocycles. The van der Waals surface area contributed by atoms with E-state index in [0.29, 0.717) is 12.8 Å². The molecule has 1 aliphatic rings. The molecule has 5 nitrogen and oxygen atoms in total. The van der Waals surface area contributed by atoms with Crippen LogP contribution in [0.2, 0.25) is 0 Å². The monoisotopic (exact) mass is 425 g/mol. The van der Waals surface area contributed by atoms with E-state index in [0.717, 1.165) is 61.2 Å². The highest BCUT2D eigenvalue weighted by Crippen LogP contribution is 2.39. The van der Waals surface area contributed by atoms with Crippen molar-refractivity contribution in [2.75, 3.05) is 0 Å². The second-order valence-corrected chi connectivity index (χ2v) is 8.55. The summed E-state index contributed by atoms with van der Waals surface area (Å²) in [6, 6.07) is 12.3. The molecule has 0 fully saturated rings. The van der Waals surface area contributed by atoms with Crippen molar-refractivity contribution in [3.05, 3.63) is 65.5 Å². The quantitative estimate of drug-likeness (QED) is 0.338. The van der Waals surface area contributed by atoms with Gasteiger partial charge in [-0.2, -0.15) is 0 Å². The summed E-state index contributed by atoms with van der Waals surface area (Å²) >= 11 is 0. The number of rotatable bonds is 12. The van der Waals surface area contributed by atoms with Crippen molar-refractivity contribution < 1.29 is 20.1 Å². The third-order valence-corrected chi connectivity index (χ3v) is 6.12. The van der Waals surface area contributed by atoms with Crippen molar-refractivity contribution in [3.63, 3.8) is 0 Å². The number of para-hydroxylation sites is 1. The molecule has 3 atom stereocenters. The van der Waals surface area contributed by atoms with Gasteiger partial charge in [-0.1, -0.05) is 56.5 Å². The lowest BCUT2D eigenvalue weighted by molar-refractivity contribution is -0.137. The highest BCUT2D eigenvalue weighted by Gasteiger charge is 2.34. The average molecular weight is 426 g/mol. The van der Waals surface area contributed by atoms with Gasteiger partial charge in [0, 0.05) is 35.8 Å². The second-order valence-electron chi connectivity index (χ2n) is 8.55. The van der Waals surface area contributed by atoms with Crippen LogP contribution in [0, 0.1) is 0 Å². The smallest absolute Gasteiger partial charge is 0.303 e. The first-order valence-electron chi connectivity index (χ1n) is 11.6. The summed E-state index contributed by atoms with van der Waals surface area (Å²) in [7, 11) is 0. The molecule has 3 unspecified atom stereocenters. The van der Waals surface area contributed by atoms with E-state index in [-0.39, 0.29) is 12.3 Å². The van der Waals surface area contributed by atoms with Crippen LogP contribution in [-0.2, 0) is 17.6 Å². The Morgan fingerprint density at radius 1 is 1.19 bits per heavy atom. The molecule has 0 amide bonds. The number of carboxylic acids is 1. The molecule has 3 rings (SSSR count). The van der Waals surface area contributed by atoms with Crippen LogP contribution < -0.4 is 0 Å². The lowest BCUT2D eigenvalue weighted by Gasteiger charge is -2.14. The fourth-order valence-corrected chi connectivity index (χ4v) is 4.50. The number of aryl methyl sites for hydroxylation is 1. The zero-order valence-corrected chi connectivity index (χ0v) is 18.4. The predicted molar refractivity (Wildman–Crippen MR) is 123 cm³/mol. The molecule has 2 aromatic rings.